The number of urea groups is 1. The highest BCUT2D eigenvalue weighted by molar-refractivity contribution is 7.91. The number of hydrogen-bond donors (Lipinski definition) is 1. The molecule has 4 rings (SSSR count). The van der Waals surface area contributed by atoms with Gasteiger partial charge in [0.25, 0.3) is 5.91 Å². The number of rotatable bonds is 6. The van der Waals surface area contributed by atoms with E-state index in [1.165, 1.54) is 0 Å². The van der Waals surface area contributed by atoms with Crippen molar-refractivity contribution in [2.75, 3.05) is 18.1 Å². The highest BCUT2D eigenvalue weighted by Crippen LogP contribution is 2.33. The van der Waals surface area contributed by atoms with Gasteiger partial charge in [-0.2, -0.15) is 0 Å². The summed E-state index contributed by atoms with van der Waals surface area (Å²) in [6, 6.07) is 8.04. The maximum atomic E-state index is 13.5. The Morgan fingerprint density at radius 2 is 1.78 bits per heavy atom. The predicted molar refractivity (Wildman–Crippen MR) is 119 cm³/mol. The Hall–Kier alpha value is -2.42. The molecule has 2 heterocycles. The summed E-state index contributed by atoms with van der Waals surface area (Å²) in [4.78, 5) is 42.4. The second-order valence-electron chi connectivity index (χ2n) is 9.10. The minimum Gasteiger partial charge on any atom is -0.334 e. The van der Waals surface area contributed by atoms with Crippen LogP contribution in [0.1, 0.15) is 57.4 Å². The molecule has 8 nitrogen and oxygen atoms in total. The van der Waals surface area contributed by atoms with Gasteiger partial charge in [-0.25, -0.2) is 13.2 Å². The van der Waals surface area contributed by atoms with Gasteiger partial charge in [0.2, 0.25) is 5.91 Å². The van der Waals surface area contributed by atoms with Crippen LogP contribution < -0.4 is 5.32 Å². The fraction of sp³-hybridized carbons (Fsp3) is 0.609. The lowest BCUT2D eigenvalue weighted by Gasteiger charge is -2.39. The van der Waals surface area contributed by atoms with E-state index in [0.717, 1.165) is 37.0 Å². The van der Waals surface area contributed by atoms with Crippen molar-refractivity contribution in [2.24, 2.45) is 0 Å². The van der Waals surface area contributed by atoms with Crippen molar-refractivity contribution in [2.45, 2.75) is 69.5 Å². The van der Waals surface area contributed by atoms with Crippen LogP contribution in [0.15, 0.2) is 30.3 Å². The van der Waals surface area contributed by atoms with Crippen molar-refractivity contribution in [3.8, 4) is 0 Å². The Morgan fingerprint density at radius 1 is 1.09 bits per heavy atom. The normalized spacial score (nSPS) is 28.0. The summed E-state index contributed by atoms with van der Waals surface area (Å²) in [5.74, 6) is -0.752. The summed E-state index contributed by atoms with van der Waals surface area (Å²) in [6.45, 7) is 1.46. The zero-order valence-corrected chi connectivity index (χ0v) is 19.3. The third-order valence-electron chi connectivity index (χ3n) is 7.12. The van der Waals surface area contributed by atoms with Crippen LogP contribution in [0, 0.1) is 0 Å². The highest BCUT2D eigenvalue weighted by Gasteiger charge is 2.52. The molecule has 1 saturated carbocycles. The summed E-state index contributed by atoms with van der Waals surface area (Å²) in [5.41, 5.74) is -0.507. The van der Waals surface area contributed by atoms with Crippen LogP contribution in [0.3, 0.4) is 0 Å². The standard InChI is InChI=1S/C23H31N3O5S/c1-2-23(17-9-5-3-6-10-17)21(28)25(22(29)24-23)15-20(27)26(18-11-7-4-8-12-18)19-13-14-32(30,31)16-19/h3,5-6,9-10,18-19H,2,4,7-8,11-16H2,1H3,(H,24,29). The molecule has 4 amide bonds. The molecule has 0 aromatic heterocycles. The molecule has 1 aliphatic carbocycles. The molecular formula is C23H31N3O5S. The van der Waals surface area contributed by atoms with E-state index < -0.39 is 27.3 Å². The van der Waals surface area contributed by atoms with Crippen LogP contribution in [0.25, 0.3) is 0 Å². The molecule has 0 spiro atoms. The Morgan fingerprint density at radius 3 is 2.38 bits per heavy atom. The first kappa shape index (κ1) is 22.8. The SMILES string of the molecule is CCC1(c2ccccc2)NC(=O)N(CC(=O)N(C2CCCCC2)C2CCS(=O)(=O)C2)C1=O. The number of hydrogen-bond acceptors (Lipinski definition) is 5. The van der Waals surface area contributed by atoms with Crippen LogP contribution in [0.2, 0.25) is 0 Å². The van der Waals surface area contributed by atoms with E-state index in [1.54, 1.807) is 17.0 Å². The van der Waals surface area contributed by atoms with E-state index in [-0.39, 0.29) is 36.0 Å². The van der Waals surface area contributed by atoms with Crippen molar-refractivity contribution in [3.05, 3.63) is 35.9 Å². The minimum atomic E-state index is -3.17. The van der Waals surface area contributed by atoms with Gasteiger partial charge in [0, 0.05) is 12.1 Å². The van der Waals surface area contributed by atoms with Crippen LogP contribution in [0.5, 0.6) is 0 Å². The molecule has 9 heteroatoms. The monoisotopic (exact) mass is 461 g/mol. The fourth-order valence-corrected chi connectivity index (χ4v) is 7.12. The summed E-state index contributed by atoms with van der Waals surface area (Å²) >= 11 is 0. The summed E-state index contributed by atoms with van der Waals surface area (Å²) < 4.78 is 24.2. The van der Waals surface area contributed by atoms with Crippen LogP contribution in [-0.4, -0.2) is 66.2 Å². The van der Waals surface area contributed by atoms with Crippen molar-refractivity contribution in [3.63, 3.8) is 0 Å². The molecule has 0 radical (unpaired) electrons. The van der Waals surface area contributed by atoms with Gasteiger partial charge < -0.3 is 10.2 Å². The first-order chi connectivity index (χ1) is 15.3. The number of benzene rings is 1. The quantitative estimate of drug-likeness (QED) is 0.654. The number of imide groups is 1. The Labute approximate surface area is 189 Å². The van der Waals surface area contributed by atoms with Gasteiger partial charge in [0.05, 0.1) is 11.5 Å². The average molecular weight is 462 g/mol. The zero-order chi connectivity index (χ0) is 22.9. The lowest BCUT2D eigenvalue weighted by atomic mass is 9.87. The van der Waals surface area contributed by atoms with Gasteiger partial charge in [-0.1, -0.05) is 56.5 Å². The van der Waals surface area contributed by atoms with E-state index in [1.807, 2.05) is 25.1 Å². The van der Waals surface area contributed by atoms with E-state index in [9.17, 15) is 22.8 Å². The molecule has 2 unspecified atom stereocenters. The lowest BCUT2D eigenvalue weighted by molar-refractivity contribution is -0.142. The number of amides is 4. The summed E-state index contributed by atoms with van der Waals surface area (Å²) in [6.07, 6.45) is 5.50. The Bertz CT molecular complexity index is 990. The number of sulfone groups is 1. The number of nitrogens with one attached hydrogen (secondary N) is 1. The smallest absolute Gasteiger partial charge is 0.325 e. The van der Waals surface area contributed by atoms with Crippen LogP contribution >= 0.6 is 0 Å². The first-order valence-corrected chi connectivity index (χ1v) is 13.3. The van der Waals surface area contributed by atoms with Crippen LogP contribution in [-0.2, 0) is 25.0 Å². The molecule has 0 bridgehead atoms. The van der Waals surface area contributed by atoms with E-state index in [4.69, 9.17) is 0 Å². The molecule has 2 saturated heterocycles. The molecule has 2 atom stereocenters. The second kappa shape index (κ2) is 8.84. The third-order valence-corrected chi connectivity index (χ3v) is 8.87. The Balaban J connectivity index is 1.57. The highest BCUT2D eigenvalue weighted by atomic mass is 32.2. The molecular weight excluding hydrogens is 430 g/mol. The van der Waals surface area contributed by atoms with E-state index >= 15 is 0 Å². The van der Waals surface area contributed by atoms with Crippen molar-refractivity contribution < 1.29 is 22.8 Å². The van der Waals surface area contributed by atoms with Crippen molar-refractivity contribution in [1.29, 1.82) is 0 Å². The molecule has 1 N–H and O–H groups in total. The van der Waals surface area contributed by atoms with Gasteiger partial charge in [-0.3, -0.25) is 14.5 Å². The largest absolute Gasteiger partial charge is 0.334 e. The van der Waals surface area contributed by atoms with Gasteiger partial charge in [-0.05, 0) is 31.2 Å². The predicted octanol–water partition coefficient (Wildman–Crippen LogP) is 2.19. The molecule has 1 aromatic rings. The molecule has 174 valence electrons. The van der Waals surface area contributed by atoms with Crippen molar-refractivity contribution >= 4 is 27.7 Å². The fourth-order valence-electron chi connectivity index (χ4n) is 5.41. The minimum absolute atomic E-state index is 0.0413. The molecule has 3 fully saturated rings. The maximum Gasteiger partial charge on any atom is 0.325 e. The van der Waals surface area contributed by atoms with E-state index in [2.05, 4.69) is 5.32 Å². The van der Waals surface area contributed by atoms with Gasteiger partial charge >= 0.3 is 6.03 Å². The van der Waals surface area contributed by atoms with Gasteiger partial charge in [0.15, 0.2) is 9.84 Å². The number of nitrogens with zero attached hydrogens (tertiary/aromatic N) is 2. The average Bonchev–Trinajstić information content (AvgIpc) is 3.26. The first-order valence-electron chi connectivity index (χ1n) is 11.5. The van der Waals surface area contributed by atoms with Crippen LogP contribution in [0.4, 0.5) is 4.79 Å². The van der Waals surface area contributed by atoms with Gasteiger partial charge in [0.1, 0.15) is 12.1 Å². The molecule has 3 aliphatic rings. The summed E-state index contributed by atoms with van der Waals surface area (Å²) in [7, 11) is -3.17. The number of carbonyl (C=O) groups excluding carboxylic acids is 3. The topological polar surface area (TPSA) is 104 Å². The molecule has 1 aromatic carbocycles. The number of carbonyl (C=O) groups is 3. The molecule has 32 heavy (non-hydrogen) atoms. The zero-order valence-electron chi connectivity index (χ0n) is 18.5. The van der Waals surface area contributed by atoms with Crippen molar-refractivity contribution in [1.82, 2.24) is 15.1 Å². The van der Waals surface area contributed by atoms with E-state index in [0.29, 0.717) is 18.4 Å². The van der Waals surface area contributed by atoms with Gasteiger partial charge in [-0.15, -0.1) is 0 Å². The lowest BCUT2D eigenvalue weighted by Crippen LogP contribution is -2.53. The Kier molecular flexibility index (Phi) is 6.29. The second-order valence-corrected chi connectivity index (χ2v) is 11.3. The maximum absolute atomic E-state index is 13.5. The third kappa shape index (κ3) is 4.14. The molecule has 2 aliphatic heterocycles. The summed E-state index contributed by atoms with van der Waals surface area (Å²) in [5, 5.41) is 2.81.